The molecule has 0 fully saturated rings. The van der Waals surface area contributed by atoms with Crippen molar-refractivity contribution in [3.8, 4) is 0 Å². The summed E-state index contributed by atoms with van der Waals surface area (Å²) < 4.78 is 0. The second kappa shape index (κ2) is 6.12. The molecule has 0 radical (unpaired) electrons. The van der Waals surface area contributed by atoms with Crippen molar-refractivity contribution in [1.82, 2.24) is 0 Å². The molecule has 0 aliphatic rings. The van der Waals surface area contributed by atoms with E-state index in [9.17, 15) is 10.1 Å². The van der Waals surface area contributed by atoms with Crippen LogP contribution >= 0.6 is 11.8 Å². The predicted molar refractivity (Wildman–Crippen MR) is 68.8 cm³/mol. The lowest BCUT2D eigenvalue weighted by atomic mass is 10.1. The maximum absolute atomic E-state index is 10.8. The minimum absolute atomic E-state index is 0.0972. The number of nitro groups is 1. The number of aryl methyl sites for hydroxylation is 1. The highest BCUT2D eigenvalue weighted by molar-refractivity contribution is 8.01. The number of rotatable bonds is 4. The number of thioether (sulfide) groups is 1. The number of allylic oxidation sites excluding steroid dienone is 1. The molecule has 84 valence electrons. The van der Waals surface area contributed by atoms with Gasteiger partial charge in [-0.2, -0.15) is 0 Å². The molecule has 1 rings (SSSR count). The van der Waals surface area contributed by atoms with Gasteiger partial charge in [-0.1, -0.05) is 29.8 Å². The molecule has 0 aromatic heterocycles. The van der Waals surface area contributed by atoms with Gasteiger partial charge in [0.05, 0.1) is 4.92 Å². The number of hydrogen-bond acceptors (Lipinski definition) is 3. The molecule has 0 atom stereocenters. The summed E-state index contributed by atoms with van der Waals surface area (Å²) in [5.74, 6) is 0. The highest BCUT2D eigenvalue weighted by Gasteiger charge is 2.05. The fourth-order valence-electron chi connectivity index (χ4n) is 1.23. The van der Waals surface area contributed by atoms with Crippen LogP contribution in [0.15, 0.2) is 41.4 Å². The summed E-state index contributed by atoms with van der Waals surface area (Å²) in [7, 11) is 0. The molecule has 0 saturated heterocycles. The van der Waals surface area contributed by atoms with E-state index in [0.717, 1.165) is 11.1 Å². The van der Waals surface area contributed by atoms with Gasteiger partial charge in [-0.3, -0.25) is 10.1 Å². The predicted octanol–water partition coefficient (Wildman–Crippen LogP) is 3.49. The van der Waals surface area contributed by atoms with Crippen LogP contribution in [0.5, 0.6) is 0 Å². The van der Waals surface area contributed by atoms with Crippen LogP contribution in [0.1, 0.15) is 11.1 Å². The minimum atomic E-state index is -0.380. The van der Waals surface area contributed by atoms with E-state index in [1.165, 1.54) is 17.8 Å². The van der Waals surface area contributed by atoms with Crippen molar-refractivity contribution in [2.45, 2.75) is 6.92 Å². The number of nitrogens with zero attached hydrogens (tertiary/aromatic N) is 1. The number of hydrogen-bond donors (Lipinski definition) is 0. The summed E-state index contributed by atoms with van der Waals surface area (Å²) in [5.41, 5.74) is 2.03. The fourth-order valence-corrected chi connectivity index (χ4v) is 1.51. The molecule has 0 amide bonds. The Morgan fingerprint density at radius 2 is 2.25 bits per heavy atom. The first kappa shape index (κ1) is 12.5. The molecule has 0 aliphatic carbocycles. The van der Waals surface area contributed by atoms with E-state index < -0.39 is 0 Å². The van der Waals surface area contributed by atoms with Crippen molar-refractivity contribution in [1.29, 1.82) is 0 Å². The Hall–Kier alpha value is -1.55. The maximum Gasteiger partial charge on any atom is 0.270 e. The van der Waals surface area contributed by atoms with Crippen molar-refractivity contribution in [2.75, 3.05) is 6.26 Å². The molecule has 0 bridgehead atoms. The van der Waals surface area contributed by atoms with E-state index in [0.29, 0.717) is 0 Å². The number of benzene rings is 1. The van der Waals surface area contributed by atoms with Gasteiger partial charge in [-0.05, 0) is 24.2 Å². The monoisotopic (exact) mass is 235 g/mol. The van der Waals surface area contributed by atoms with Gasteiger partial charge < -0.3 is 0 Å². The third-order valence-electron chi connectivity index (χ3n) is 1.94. The zero-order valence-corrected chi connectivity index (χ0v) is 10.0. The molecule has 0 unspecified atom stereocenters. The highest BCUT2D eigenvalue weighted by atomic mass is 32.2. The summed E-state index contributed by atoms with van der Waals surface area (Å²) >= 11 is 1.44. The maximum atomic E-state index is 10.8. The molecular weight excluding hydrogens is 222 g/mol. The van der Waals surface area contributed by atoms with Gasteiger partial charge in [0.2, 0.25) is 0 Å². The van der Waals surface area contributed by atoms with Gasteiger partial charge in [-0.25, -0.2) is 0 Å². The van der Waals surface area contributed by atoms with E-state index in [4.69, 9.17) is 0 Å². The Labute approximate surface area is 99.0 Å². The van der Waals surface area contributed by atoms with Crippen LogP contribution < -0.4 is 0 Å². The molecule has 0 saturated carbocycles. The average molecular weight is 235 g/mol. The van der Waals surface area contributed by atoms with Gasteiger partial charge in [0.25, 0.3) is 5.70 Å². The summed E-state index contributed by atoms with van der Waals surface area (Å²) in [4.78, 5) is 10.4. The lowest BCUT2D eigenvalue weighted by Crippen LogP contribution is -1.94. The van der Waals surface area contributed by atoms with E-state index >= 15 is 0 Å². The molecular formula is C12H13NO2S. The van der Waals surface area contributed by atoms with Crippen molar-refractivity contribution in [3.05, 3.63) is 62.7 Å². The van der Waals surface area contributed by atoms with Gasteiger partial charge in [0, 0.05) is 12.2 Å². The van der Waals surface area contributed by atoms with E-state index in [-0.39, 0.29) is 10.6 Å². The van der Waals surface area contributed by atoms with Crippen molar-refractivity contribution < 1.29 is 4.92 Å². The Bertz CT molecular complexity index is 438. The third-order valence-corrected chi connectivity index (χ3v) is 2.35. The zero-order chi connectivity index (χ0) is 12.0. The van der Waals surface area contributed by atoms with Crippen LogP contribution in [0, 0.1) is 17.0 Å². The van der Waals surface area contributed by atoms with E-state index in [1.54, 1.807) is 11.5 Å². The fraction of sp³-hybridized carbons (Fsp3) is 0.167. The Balaban J connectivity index is 3.02. The normalized spacial score (nSPS) is 12.0. The molecule has 0 heterocycles. The molecule has 16 heavy (non-hydrogen) atoms. The molecule has 0 N–H and O–H groups in total. The van der Waals surface area contributed by atoms with Crippen LogP contribution in [0.3, 0.4) is 0 Å². The summed E-state index contributed by atoms with van der Waals surface area (Å²) in [5, 5.41) is 12.5. The summed E-state index contributed by atoms with van der Waals surface area (Å²) in [6.45, 7) is 1.96. The quantitative estimate of drug-likeness (QED) is 0.456. The average Bonchev–Trinajstić information content (AvgIpc) is 2.24. The topological polar surface area (TPSA) is 43.1 Å². The van der Waals surface area contributed by atoms with Crippen LogP contribution in [0.2, 0.25) is 0 Å². The smallest absolute Gasteiger partial charge is 0.258 e. The molecule has 1 aromatic rings. The molecule has 0 aliphatic heterocycles. The first-order chi connectivity index (χ1) is 7.63. The molecule has 4 heteroatoms. The van der Waals surface area contributed by atoms with Gasteiger partial charge in [-0.15, -0.1) is 11.8 Å². The van der Waals surface area contributed by atoms with Crippen molar-refractivity contribution >= 4 is 17.8 Å². The molecule has 0 spiro atoms. The Kier molecular flexibility index (Phi) is 4.79. The summed E-state index contributed by atoms with van der Waals surface area (Å²) in [6.07, 6.45) is 4.94. The van der Waals surface area contributed by atoms with Crippen molar-refractivity contribution in [3.63, 3.8) is 0 Å². The SMILES string of the molecule is CS/C=C\C(=C/c1cccc(C)c1)[N+](=O)[O-]. The van der Waals surface area contributed by atoms with Crippen LogP contribution in [-0.4, -0.2) is 11.2 Å². The summed E-state index contributed by atoms with van der Waals surface area (Å²) in [6, 6.07) is 7.61. The van der Waals surface area contributed by atoms with Crippen LogP contribution in [0.25, 0.3) is 6.08 Å². The second-order valence-corrected chi connectivity index (χ2v) is 4.02. The first-order valence-electron chi connectivity index (χ1n) is 4.75. The van der Waals surface area contributed by atoms with Crippen LogP contribution in [0.4, 0.5) is 0 Å². The van der Waals surface area contributed by atoms with E-state index in [2.05, 4.69) is 0 Å². The first-order valence-corrected chi connectivity index (χ1v) is 6.04. The van der Waals surface area contributed by atoms with Gasteiger partial charge in [0.15, 0.2) is 0 Å². The lowest BCUT2D eigenvalue weighted by Gasteiger charge is -1.96. The lowest BCUT2D eigenvalue weighted by molar-refractivity contribution is -0.417. The largest absolute Gasteiger partial charge is 0.270 e. The van der Waals surface area contributed by atoms with Crippen LogP contribution in [-0.2, 0) is 0 Å². The standard InChI is InChI=1S/C12H13NO2S/c1-10-4-3-5-11(8-10)9-12(13(14)15)6-7-16-2/h3-9H,1-2H3/b7-6-,12-9+. The Morgan fingerprint density at radius 3 is 2.81 bits per heavy atom. The second-order valence-electron chi connectivity index (χ2n) is 3.28. The Morgan fingerprint density at radius 1 is 1.50 bits per heavy atom. The third kappa shape index (κ3) is 3.90. The van der Waals surface area contributed by atoms with Crippen molar-refractivity contribution in [2.24, 2.45) is 0 Å². The highest BCUT2D eigenvalue weighted by Crippen LogP contribution is 2.11. The van der Waals surface area contributed by atoms with E-state index in [1.807, 2.05) is 37.4 Å². The zero-order valence-electron chi connectivity index (χ0n) is 9.21. The molecule has 3 nitrogen and oxygen atoms in total. The molecule has 1 aromatic carbocycles. The minimum Gasteiger partial charge on any atom is -0.258 e. The van der Waals surface area contributed by atoms with Gasteiger partial charge >= 0.3 is 0 Å². The van der Waals surface area contributed by atoms with Gasteiger partial charge in [0.1, 0.15) is 0 Å².